The van der Waals surface area contributed by atoms with Gasteiger partial charge in [0.25, 0.3) is 5.91 Å². The van der Waals surface area contributed by atoms with Crippen molar-refractivity contribution < 1.29 is 4.79 Å². The summed E-state index contributed by atoms with van der Waals surface area (Å²) in [5, 5.41) is 3.99. The highest BCUT2D eigenvalue weighted by atomic mass is 16.1. The fraction of sp³-hybridized carbons (Fsp3) is 0.360. The Morgan fingerprint density at radius 2 is 1.76 bits per heavy atom. The van der Waals surface area contributed by atoms with Gasteiger partial charge in [0, 0.05) is 23.2 Å². The van der Waals surface area contributed by atoms with Crippen LogP contribution in [0, 0.1) is 13.8 Å². The van der Waals surface area contributed by atoms with Crippen molar-refractivity contribution in [2.45, 2.75) is 34.1 Å². The number of carbonyl (C=O) groups is 1. The SMILES string of the molecule is CCN(CC)CCCNC(=O)c1cc(C)nc2c(-c3ccc(C)cc3)cccc12. The first kappa shape index (κ1) is 21.0. The highest BCUT2D eigenvalue weighted by Crippen LogP contribution is 2.29. The van der Waals surface area contributed by atoms with E-state index < -0.39 is 0 Å². The molecule has 3 rings (SSSR count). The largest absolute Gasteiger partial charge is 0.352 e. The van der Waals surface area contributed by atoms with Crippen LogP contribution in [-0.4, -0.2) is 42.0 Å². The molecule has 0 atom stereocenters. The molecule has 4 heteroatoms. The maximum absolute atomic E-state index is 12.9. The van der Waals surface area contributed by atoms with Crippen LogP contribution in [0.4, 0.5) is 0 Å². The predicted octanol–water partition coefficient (Wildman–Crippen LogP) is 4.98. The van der Waals surface area contributed by atoms with E-state index in [9.17, 15) is 4.79 Å². The lowest BCUT2D eigenvalue weighted by atomic mass is 9.98. The molecule has 1 amide bonds. The molecule has 0 saturated heterocycles. The second-order valence-corrected chi connectivity index (χ2v) is 7.52. The van der Waals surface area contributed by atoms with E-state index in [0.29, 0.717) is 12.1 Å². The van der Waals surface area contributed by atoms with E-state index in [0.717, 1.165) is 53.8 Å². The van der Waals surface area contributed by atoms with Crippen molar-refractivity contribution >= 4 is 16.8 Å². The Labute approximate surface area is 174 Å². The number of fused-ring (bicyclic) bond motifs is 1. The molecule has 0 radical (unpaired) electrons. The summed E-state index contributed by atoms with van der Waals surface area (Å²) < 4.78 is 0. The van der Waals surface area contributed by atoms with Crippen molar-refractivity contribution in [2.75, 3.05) is 26.2 Å². The van der Waals surface area contributed by atoms with Crippen LogP contribution in [0.25, 0.3) is 22.0 Å². The summed E-state index contributed by atoms with van der Waals surface area (Å²) >= 11 is 0. The number of carbonyl (C=O) groups excluding carboxylic acids is 1. The summed E-state index contributed by atoms with van der Waals surface area (Å²) in [5.41, 5.74) is 5.83. The summed E-state index contributed by atoms with van der Waals surface area (Å²) in [6.45, 7) is 12.1. The van der Waals surface area contributed by atoms with Crippen LogP contribution < -0.4 is 5.32 Å². The van der Waals surface area contributed by atoms with Crippen molar-refractivity contribution in [1.82, 2.24) is 15.2 Å². The lowest BCUT2D eigenvalue weighted by molar-refractivity contribution is 0.0953. The Bertz CT molecular complexity index is 975. The molecule has 4 nitrogen and oxygen atoms in total. The molecule has 3 aromatic rings. The number of benzene rings is 2. The van der Waals surface area contributed by atoms with Gasteiger partial charge in [-0.25, -0.2) is 0 Å². The van der Waals surface area contributed by atoms with E-state index in [1.54, 1.807) is 0 Å². The number of hydrogen-bond acceptors (Lipinski definition) is 3. The number of hydrogen-bond donors (Lipinski definition) is 1. The first-order valence-electron chi connectivity index (χ1n) is 10.5. The van der Waals surface area contributed by atoms with Gasteiger partial charge in [0.2, 0.25) is 0 Å². The number of nitrogens with zero attached hydrogens (tertiary/aromatic N) is 2. The maximum Gasteiger partial charge on any atom is 0.252 e. The molecule has 0 bridgehead atoms. The van der Waals surface area contributed by atoms with Crippen LogP contribution in [0.2, 0.25) is 0 Å². The van der Waals surface area contributed by atoms with Crippen LogP contribution in [0.3, 0.4) is 0 Å². The van der Waals surface area contributed by atoms with Crippen molar-refractivity contribution in [3.63, 3.8) is 0 Å². The molecule has 1 heterocycles. The predicted molar refractivity (Wildman–Crippen MR) is 121 cm³/mol. The summed E-state index contributed by atoms with van der Waals surface area (Å²) in [6, 6.07) is 16.4. The van der Waals surface area contributed by atoms with Gasteiger partial charge in [-0.1, -0.05) is 61.9 Å². The van der Waals surface area contributed by atoms with Gasteiger partial charge in [-0.2, -0.15) is 0 Å². The van der Waals surface area contributed by atoms with Gasteiger partial charge in [0.1, 0.15) is 0 Å². The van der Waals surface area contributed by atoms with Gasteiger partial charge in [0.15, 0.2) is 0 Å². The summed E-state index contributed by atoms with van der Waals surface area (Å²) in [6.07, 6.45) is 0.948. The molecular formula is C25H31N3O. The Hall–Kier alpha value is -2.72. The minimum atomic E-state index is -0.0268. The molecule has 1 aromatic heterocycles. The molecule has 0 saturated carbocycles. The second-order valence-electron chi connectivity index (χ2n) is 7.52. The van der Waals surface area contributed by atoms with Crippen LogP contribution in [0.15, 0.2) is 48.5 Å². The topological polar surface area (TPSA) is 45.2 Å². The number of para-hydroxylation sites is 1. The summed E-state index contributed by atoms with van der Waals surface area (Å²) in [5.74, 6) is -0.0268. The molecule has 152 valence electrons. The van der Waals surface area contributed by atoms with E-state index in [1.165, 1.54) is 5.56 Å². The normalized spacial score (nSPS) is 11.2. The van der Waals surface area contributed by atoms with Crippen molar-refractivity contribution in [3.8, 4) is 11.1 Å². The van der Waals surface area contributed by atoms with Crippen LogP contribution in [0.5, 0.6) is 0 Å². The lowest BCUT2D eigenvalue weighted by Gasteiger charge is -2.18. The molecule has 0 spiro atoms. The number of aromatic nitrogens is 1. The zero-order valence-electron chi connectivity index (χ0n) is 18.0. The van der Waals surface area contributed by atoms with Crippen LogP contribution in [-0.2, 0) is 0 Å². The molecule has 0 aliphatic carbocycles. The van der Waals surface area contributed by atoms with Gasteiger partial charge in [-0.3, -0.25) is 9.78 Å². The zero-order chi connectivity index (χ0) is 20.8. The fourth-order valence-corrected chi connectivity index (χ4v) is 3.67. The van der Waals surface area contributed by atoms with E-state index in [1.807, 2.05) is 25.1 Å². The van der Waals surface area contributed by atoms with Crippen molar-refractivity contribution in [2.24, 2.45) is 0 Å². The Morgan fingerprint density at radius 3 is 2.45 bits per heavy atom. The molecule has 29 heavy (non-hydrogen) atoms. The van der Waals surface area contributed by atoms with Crippen molar-refractivity contribution in [1.29, 1.82) is 0 Å². The third kappa shape index (κ3) is 5.01. The van der Waals surface area contributed by atoms with E-state index in [4.69, 9.17) is 4.98 Å². The molecule has 0 aliphatic heterocycles. The minimum Gasteiger partial charge on any atom is -0.352 e. The van der Waals surface area contributed by atoms with E-state index in [2.05, 4.69) is 61.3 Å². The van der Waals surface area contributed by atoms with Crippen molar-refractivity contribution in [3.05, 3.63) is 65.4 Å². The molecule has 0 unspecified atom stereocenters. The molecule has 1 N–H and O–H groups in total. The third-order valence-corrected chi connectivity index (χ3v) is 5.41. The molecule has 0 fully saturated rings. The number of nitrogens with one attached hydrogen (secondary N) is 1. The molecular weight excluding hydrogens is 358 g/mol. The van der Waals surface area contributed by atoms with Gasteiger partial charge in [-0.15, -0.1) is 0 Å². The molecule has 0 aliphatic rings. The fourth-order valence-electron chi connectivity index (χ4n) is 3.67. The van der Waals surface area contributed by atoms with E-state index >= 15 is 0 Å². The Kier molecular flexibility index (Phi) is 6.99. The maximum atomic E-state index is 12.9. The number of amides is 1. The Morgan fingerprint density at radius 1 is 1.03 bits per heavy atom. The number of aryl methyl sites for hydroxylation is 2. The standard InChI is InChI=1S/C25H31N3O/c1-5-28(6-2)16-8-15-26-25(29)23-17-19(4)27-24-21(9-7-10-22(23)24)20-13-11-18(3)12-14-20/h7,9-14,17H,5-6,8,15-16H2,1-4H3,(H,26,29). The van der Waals surface area contributed by atoms with Gasteiger partial charge in [-0.05, 0) is 51.5 Å². The first-order chi connectivity index (χ1) is 14.0. The quantitative estimate of drug-likeness (QED) is 0.553. The summed E-state index contributed by atoms with van der Waals surface area (Å²) in [7, 11) is 0. The average Bonchev–Trinajstić information content (AvgIpc) is 2.73. The highest BCUT2D eigenvalue weighted by molar-refractivity contribution is 6.09. The second kappa shape index (κ2) is 9.66. The van der Waals surface area contributed by atoms with Gasteiger partial charge >= 0.3 is 0 Å². The zero-order valence-corrected chi connectivity index (χ0v) is 18.0. The van der Waals surface area contributed by atoms with E-state index in [-0.39, 0.29) is 5.91 Å². The lowest BCUT2D eigenvalue weighted by Crippen LogP contribution is -2.30. The Balaban J connectivity index is 1.86. The van der Waals surface area contributed by atoms with Crippen LogP contribution in [0.1, 0.15) is 41.9 Å². The van der Waals surface area contributed by atoms with Crippen LogP contribution >= 0.6 is 0 Å². The molecule has 2 aromatic carbocycles. The smallest absolute Gasteiger partial charge is 0.252 e. The number of rotatable bonds is 8. The average molecular weight is 390 g/mol. The van der Waals surface area contributed by atoms with Gasteiger partial charge in [0.05, 0.1) is 11.1 Å². The highest BCUT2D eigenvalue weighted by Gasteiger charge is 2.14. The first-order valence-corrected chi connectivity index (χ1v) is 10.5. The summed E-state index contributed by atoms with van der Waals surface area (Å²) in [4.78, 5) is 20.1. The third-order valence-electron chi connectivity index (χ3n) is 5.41. The monoisotopic (exact) mass is 389 g/mol. The van der Waals surface area contributed by atoms with Gasteiger partial charge < -0.3 is 10.2 Å². The minimum absolute atomic E-state index is 0.0268. The number of pyridine rings is 1.